The number of anilines is 1. The maximum atomic E-state index is 11.5. The van der Waals surface area contributed by atoms with Crippen molar-refractivity contribution in [2.75, 3.05) is 19.0 Å². The van der Waals surface area contributed by atoms with Crippen LogP contribution in [0.3, 0.4) is 0 Å². The lowest BCUT2D eigenvalue weighted by Crippen LogP contribution is -2.14. The Balaban J connectivity index is 2.78. The number of aryl methyl sites for hydroxylation is 1. The number of hydrogen-bond donors (Lipinski definition) is 2. The fraction of sp³-hybridized carbons (Fsp3) is 0.417. The summed E-state index contributed by atoms with van der Waals surface area (Å²) in [4.78, 5) is 11.5. The summed E-state index contributed by atoms with van der Waals surface area (Å²) in [6, 6.07) is 3.48. The number of amides is 1. The van der Waals surface area contributed by atoms with E-state index in [0.717, 1.165) is 5.56 Å². The zero-order chi connectivity index (χ0) is 12.8. The predicted molar refractivity (Wildman–Crippen MR) is 69.7 cm³/mol. The largest absolute Gasteiger partial charge is 0.495 e. The highest BCUT2D eigenvalue weighted by molar-refractivity contribution is 6.32. The molecule has 0 aliphatic rings. The first-order chi connectivity index (χ1) is 8.08. The number of halogens is 1. The van der Waals surface area contributed by atoms with Crippen LogP contribution in [0, 0.1) is 6.92 Å². The van der Waals surface area contributed by atoms with E-state index >= 15 is 0 Å². The number of carbonyl (C=O) groups is 1. The van der Waals surface area contributed by atoms with Crippen molar-refractivity contribution in [1.29, 1.82) is 0 Å². The van der Waals surface area contributed by atoms with Crippen molar-refractivity contribution in [3.05, 3.63) is 22.7 Å². The first-order valence-corrected chi connectivity index (χ1v) is 5.80. The second-order valence-electron chi connectivity index (χ2n) is 3.74. The first-order valence-electron chi connectivity index (χ1n) is 5.42. The smallest absolute Gasteiger partial charge is 0.224 e. The molecular weight excluding hydrogens is 240 g/mol. The zero-order valence-electron chi connectivity index (χ0n) is 10.0. The van der Waals surface area contributed by atoms with Crippen molar-refractivity contribution >= 4 is 23.2 Å². The molecule has 1 aromatic rings. The van der Waals surface area contributed by atoms with E-state index in [-0.39, 0.29) is 5.91 Å². The highest BCUT2D eigenvalue weighted by Crippen LogP contribution is 2.30. The monoisotopic (exact) mass is 256 g/mol. The third kappa shape index (κ3) is 3.91. The number of benzene rings is 1. The van der Waals surface area contributed by atoms with Gasteiger partial charge in [0.2, 0.25) is 5.91 Å². The highest BCUT2D eigenvalue weighted by atomic mass is 35.5. The van der Waals surface area contributed by atoms with E-state index in [1.54, 1.807) is 19.2 Å². The van der Waals surface area contributed by atoms with E-state index in [1.807, 2.05) is 6.92 Å². The van der Waals surface area contributed by atoms with E-state index in [9.17, 15) is 4.79 Å². The van der Waals surface area contributed by atoms with Crippen LogP contribution in [0.5, 0.6) is 5.75 Å². The summed E-state index contributed by atoms with van der Waals surface area (Å²) >= 11 is 5.99. The molecular formula is C12H17ClN2O2. The maximum Gasteiger partial charge on any atom is 0.224 e. The quantitative estimate of drug-likeness (QED) is 0.850. The average Bonchev–Trinajstić information content (AvgIpc) is 2.30. The molecule has 1 aromatic carbocycles. The number of nitrogens with two attached hydrogens (primary N) is 1. The molecule has 3 N–H and O–H groups in total. The fourth-order valence-corrected chi connectivity index (χ4v) is 1.66. The van der Waals surface area contributed by atoms with Crippen LogP contribution in [0.4, 0.5) is 5.69 Å². The normalized spacial score (nSPS) is 10.1. The van der Waals surface area contributed by atoms with Gasteiger partial charge in [0.05, 0.1) is 12.1 Å². The van der Waals surface area contributed by atoms with Crippen molar-refractivity contribution in [3.63, 3.8) is 0 Å². The summed E-state index contributed by atoms with van der Waals surface area (Å²) in [5.74, 6) is 0.545. The lowest BCUT2D eigenvalue weighted by atomic mass is 10.2. The van der Waals surface area contributed by atoms with E-state index in [2.05, 4.69) is 5.32 Å². The van der Waals surface area contributed by atoms with Crippen LogP contribution in [-0.2, 0) is 4.79 Å². The fourth-order valence-electron chi connectivity index (χ4n) is 1.42. The van der Waals surface area contributed by atoms with Gasteiger partial charge in [-0.25, -0.2) is 0 Å². The lowest BCUT2D eigenvalue weighted by molar-refractivity contribution is -0.116. The molecule has 1 rings (SSSR count). The van der Waals surface area contributed by atoms with Gasteiger partial charge in [-0.15, -0.1) is 0 Å². The second kappa shape index (κ2) is 6.47. The van der Waals surface area contributed by atoms with Crippen LogP contribution in [0.15, 0.2) is 12.1 Å². The van der Waals surface area contributed by atoms with Crippen molar-refractivity contribution in [3.8, 4) is 5.75 Å². The molecule has 17 heavy (non-hydrogen) atoms. The minimum Gasteiger partial charge on any atom is -0.495 e. The van der Waals surface area contributed by atoms with Crippen LogP contribution in [0.25, 0.3) is 0 Å². The third-order valence-electron chi connectivity index (χ3n) is 2.38. The molecule has 0 heterocycles. The number of rotatable bonds is 5. The number of ether oxygens (including phenoxy) is 1. The molecule has 0 atom stereocenters. The van der Waals surface area contributed by atoms with E-state index in [4.69, 9.17) is 22.1 Å². The summed E-state index contributed by atoms with van der Waals surface area (Å²) in [6.45, 7) is 2.40. The van der Waals surface area contributed by atoms with Crippen LogP contribution in [0.2, 0.25) is 5.02 Å². The molecule has 0 aliphatic carbocycles. The molecule has 0 unspecified atom stereocenters. The van der Waals surface area contributed by atoms with E-state index in [1.165, 1.54) is 0 Å². The van der Waals surface area contributed by atoms with Crippen molar-refractivity contribution < 1.29 is 9.53 Å². The average molecular weight is 257 g/mol. The number of methoxy groups -OCH3 is 1. The first kappa shape index (κ1) is 13.8. The predicted octanol–water partition coefficient (Wildman–Crippen LogP) is 2.33. The molecule has 0 bridgehead atoms. The molecule has 0 saturated heterocycles. The van der Waals surface area contributed by atoms with Crippen molar-refractivity contribution in [2.45, 2.75) is 19.8 Å². The minimum atomic E-state index is -0.0558. The van der Waals surface area contributed by atoms with Gasteiger partial charge in [0, 0.05) is 12.1 Å². The number of hydrogen-bond acceptors (Lipinski definition) is 3. The molecule has 94 valence electrons. The molecule has 1 amide bonds. The van der Waals surface area contributed by atoms with Gasteiger partial charge >= 0.3 is 0 Å². The van der Waals surface area contributed by atoms with E-state index in [0.29, 0.717) is 35.8 Å². The Labute approximate surface area is 106 Å². The Morgan fingerprint density at radius 1 is 1.53 bits per heavy atom. The summed E-state index contributed by atoms with van der Waals surface area (Å²) < 4.78 is 5.09. The Bertz CT molecular complexity index is 408. The summed E-state index contributed by atoms with van der Waals surface area (Å²) in [5, 5.41) is 3.28. The molecule has 5 heteroatoms. The third-order valence-corrected chi connectivity index (χ3v) is 2.68. The standard InChI is InChI=1S/C12H17ClN2O2/c1-8-6-11(17-2)9(13)7-10(8)15-12(16)4-3-5-14/h6-7H,3-5,14H2,1-2H3,(H,15,16). The molecule has 4 nitrogen and oxygen atoms in total. The topological polar surface area (TPSA) is 64.3 Å². The highest BCUT2D eigenvalue weighted by Gasteiger charge is 2.08. The van der Waals surface area contributed by atoms with Gasteiger partial charge in [0.25, 0.3) is 0 Å². The lowest BCUT2D eigenvalue weighted by Gasteiger charge is -2.11. The molecule has 0 radical (unpaired) electrons. The Morgan fingerprint density at radius 3 is 2.82 bits per heavy atom. The number of nitrogens with one attached hydrogen (secondary N) is 1. The molecule has 0 saturated carbocycles. The van der Waals surface area contributed by atoms with Crippen LogP contribution >= 0.6 is 11.6 Å². The van der Waals surface area contributed by atoms with Crippen molar-refractivity contribution in [2.24, 2.45) is 5.73 Å². The van der Waals surface area contributed by atoms with Gasteiger partial charge in [-0.3, -0.25) is 4.79 Å². The van der Waals surface area contributed by atoms with E-state index < -0.39 is 0 Å². The maximum absolute atomic E-state index is 11.5. The Kier molecular flexibility index (Phi) is 5.25. The zero-order valence-corrected chi connectivity index (χ0v) is 10.8. The molecule has 0 aromatic heterocycles. The Hall–Kier alpha value is -1.26. The van der Waals surface area contributed by atoms with Gasteiger partial charge in [-0.05, 0) is 37.6 Å². The summed E-state index contributed by atoms with van der Waals surface area (Å²) in [6.07, 6.45) is 1.09. The SMILES string of the molecule is COc1cc(C)c(NC(=O)CCCN)cc1Cl. The van der Waals surface area contributed by atoms with Gasteiger partial charge < -0.3 is 15.8 Å². The minimum absolute atomic E-state index is 0.0558. The van der Waals surface area contributed by atoms with Gasteiger partial charge in [0.1, 0.15) is 5.75 Å². The van der Waals surface area contributed by atoms with Crippen molar-refractivity contribution in [1.82, 2.24) is 0 Å². The summed E-state index contributed by atoms with van der Waals surface area (Å²) in [5.41, 5.74) is 6.96. The molecule has 0 aliphatic heterocycles. The summed E-state index contributed by atoms with van der Waals surface area (Å²) in [7, 11) is 1.56. The van der Waals surface area contributed by atoms with Gasteiger partial charge in [-0.1, -0.05) is 11.6 Å². The van der Waals surface area contributed by atoms with Gasteiger partial charge in [0.15, 0.2) is 0 Å². The van der Waals surface area contributed by atoms with Crippen LogP contribution in [0.1, 0.15) is 18.4 Å². The van der Waals surface area contributed by atoms with Gasteiger partial charge in [-0.2, -0.15) is 0 Å². The second-order valence-corrected chi connectivity index (χ2v) is 4.15. The Morgan fingerprint density at radius 2 is 2.24 bits per heavy atom. The van der Waals surface area contributed by atoms with Crippen LogP contribution in [-0.4, -0.2) is 19.6 Å². The molecule has 0 fully saturated rings. The molecule has 0 spiro atoms. The van der Waals surface area contributed by atoms with Crippen LogP contribution < -0.4 is 15.8 Å². The number of carbonyl (C=O) groups excluding carboxylic acids is 1.